The highest BCUT2D eigenvalue weighted by atomic mass is 32.2. The Morgan fingerprint density at radius 2 is 2.09 bits per heavy atom. The number of ketones is 1. The summed E-state index contributed by atoms with van der Waals surface area (Å²) >= 11 is 1.34. The topological polar surface area (TPSA) is 67.8 Å². The highest BCUT2D eigenvalue weighted by molar-refractivity contribution is 8.00. The van der Waals surface area contributed by atoms with Gasteiger partial charge >= 0.3 is 5.69 Å². The molecule has 1 atom stereocenters. The third-order valence-corrected chi connectivity index (χ3v) is 4.95. The fourth-order valence-electron chi connectivity index (χ4n) is 2.38. The largest absolute Gasteiger partial charge is 0.344 e. The van der Waals surface area contributed by atoms with Gasteiger partial charge in [0.15, 0.2) is 10.9 Å². The number of H-pyrrole nitrogens is 1. The number of thioether (sulfide) groups is 1. The lowest BCUT2D eigenvalue weighted by Crippen LogP contribution is -2.18. The zero-order valence-corrected chi connectivity index (χ0v) is 13.5. The van der Waals surface area contributed by atoms with Gasteiger partial charge in [0.1, 0.15) is 0 Å². The molecule has 0 spiro atoms. The first kappa shape index (κ1) is 15.1. The van der Waals surface area contributed by atoms with E-state index in [0.717, 1.165) is 19.3 Å². The van der Waals surface area contributed by atoms with Gasteiger partial charge in [-0.3, -0.25) is 9.36 Å². The average Bonchev–Trinajstić information content (AvgIpc) is 3.31. The highest BCUT2D eigenvalue weighted by Crippen LogP contribution is 2.37. The molecule has 1 aliphatic carbocycles. The Kier molecular flexibility index (Phi) is 4.20. The van der Waals surface area contributed by atoms with E-state index in [1.807, 2.05) is 31.2 Å². The van der Waals surface area contributed by atoms with Crippen molar-refractivity contribution in [2.75, 3.05) is 0 Å². The third kappa shape index (κ3) is 3.02. The maximum Gasteiger partial charge on any atom is 0.344 e. The van der Waals surface area contributed by atoms with Gasteiger partial charge in [0.05, 0.1) is 5.25 Å². The summed E-state index contributed by atoms with van der Waals surface area (Å²) in [7, 11) is 0. The summed E-state index contributed by atoms with van der Waals surface area (Å²) in [5.41, 5.74) is 1.73. The fourth-order valence-corrected chi connectivity index (χ4v) is 3.38. The van der Waals surface area contributed by atoms with Gasteiger partial charge in [0.25, 0.3) is 0 Å². The molecule has 6 heteroatoms. The van der Waals surface area contributed by atoms with Gasteiger partial charge in [-0.25, -0.2) is 9.89 Å². The Hall–Kier alpha value is -1.82. The molecular formula is C16H19N3O2S. The smallest absolute Gasteiger partial charge is 0.293 e. The van der Waals surface area contributed by atoms with E-state index >= 15 is 0 Å². The molecule has 5 nitrogen and oxygen atoms in total. The number of carbonyl (C=O) groups excluding carboxylic acids is 1. The summed E-state index contributed by atoms with van der Waals surface area (Å²) in [6.45, 7) is 3.95. The first-order chi connectivity index (χ1) is 10.6. The average molecular weight is 317 g/mol. The second-order valence-corrected chi connectivity index (χ2v) is 6.90. The molecule has 1 aliphatic rings. The number of rotatable bonds is 6. The van der Waals surface area contributed by atoms with E-state index in [0.29, 0.717) is 10.7 Å². The SMILES string of the molecule is CCc1ccc(C(=O)C(C)Sc2n[nH]c(=O)n2C2CC2)cc1. The lowest BCUT2D eigenvalue weighted by Gasteiger charge is -2.10. The zero-order chi connectivity index (χ0) is 15.7. The van der Waals surface area contributed by atoms with E-state index in [9.17, 15) is 9.59 Å². The van der Waals surface area contributed by atoms with Gasteiger partial charge in [-0.15, -0.1) is 5.10 Å². The maximum atomic E-state index is 12.5. The molecule has 0 saturated heterocycles. The molecule has 0 amide bonds. The van der Waals surface area contributed by atoms with Crippen LogP contribution in [0.2, 0.25) is 0 Å². The molecule has 116 valence electrons. The van der Waals surface area contributed by atoms with Gasteiger partial charge in [0.2, 0.25) is 0 Å². The molecule has 1 saturated carbocycles. The maximum absolute atomic E-state index is 12.5. The number of hydrogen-bond donors (Lipinski definition) is 1. The zero-order valence-electron chi connectivity index (χ0n) is 12.7. The number of carbonyl (C=O) groups is 1. The summed E-state index contributed by atoms with van der Waals surface area (Å²) < 4.78 is 1.68. The van der Waals surface area contributed by atoms with Crippen molar-refractivity contribution in [1.29, 1.82) is 0 Å². The van der Waals surface area contributed by atoms with Crippen molar-refractivity contribution in [3.63, 3.8) is 0 Å². The van der Waals surface area contributed by atoms with Crippen LogP contribution in [0.15, 0.2) is 34.2 Å². The molecule has 0 aliphatic heterocycles. The minimum absolute atomic E-state index is 0.0606. The van der Waals surface area contributed by atoms with Crippen molar-refractivity contribution >= 4 is 17.5 Å². The standard InChI is InChI=1S/C16H19N3O2S/c1-3-11-4-6-12(7-5-11)14(20)10(2)22-16-18-17-15(21)19(16)13-8-9-13/h4-7,10,13H,3,8-9H2,1-2H3,(H,17,21). The molecule has 1 aromatic heterocycles. The van der Waals surface area contributed by atoms with Crippen LogP contribution in [-0.2, 0) is 6.42 Å². The van der Waals surface area contributed by atoms with Gasteiger partial charge in [0, 0.05) is 11.6 Å². The van der Waals surface area contributed by atoms with Crippen LogP contribution in [-0.4, -0.2) is 25.8 Å². The summed E-state index contributed by atoms with van der Waals surface area (Å²) in [5.74, 6) is 0.0606. The monoisotopic (exact) mass is 317 g/mol. The number of hydrogen-bond acceptors (Lipinski definition) is 4. The summed E-state index contributed by atoms with van der Waals surface area (Å²) in [5, 5.41) is 6.87. The Morgan fingerprint density at radius 3 is 2.68 bits per heavy atom. The molecule has 1 aromatic carbocycles. The van der Waals surface area contributed by atoms with Gasteiger partial charge in [-0.05, 0) is 31.7 Å². The second kappa shape index (κ2) is 6.12. The molecule has 1 N–H and O–H groups in total. The van der Waals surface area contributed by atoms with Crippen LogP contribution >= 0.6 is 11.8 Å². The molecule has 1 fully saturated rings. The Morgan fingerprint density at radius 1 is 1.41 bits per heavy atom. The minimum atomic E-state index is -0.278. The third-order valence-electron chi connectivity index (χ3n) is 3.88. The van der Waals surface area contributed by atoms with Crippen LogP contribution in [0.25, 0.3) is 0 Å². The molecule has 1 unspecified atom stereocenters. The Labute approximate surface area is 133 Å². The first-order valence-electron chi connectivity index (χ1n) is 7.57. The van der Waals surface area contributed by atoms with Crippen molar-refractivity contribution in [2.24, 2.45) is 0 Å². The number of nitrogens with zero attached hydrogens (tertiary/aromatic N) is 2. The van der Waals surface area contributed by atoms with Crippen LogP contribution in [0.3, 0.4) is 0 Å². The Balaban J connectivity index is 1.74. The minimum Gasteiger partial charge on any atom is -0.293 e. The van der Waals surface area contributed by atoms with Crippen molar-refractivity contribution < 1.29 is 4.79 Å². The van der Waals surface area contributed by atoms with E-state index in [2.05, 4.69) is 17.1 Å². The van der Waals surface area contributed by atoms with Crippen LogP contribution < -0.4 is 5.69 Å². The first-order valence-corrected chi connectivity index (χ1v) is 8.44. The number of nitrogens with one attached hydrogen (secondary N) is 1. The van der Waals surface area contributed by atoms with E-state index in [1.54, 1.807) is 4.57 Å². The number of aromatic amines is 1. The summed E-state index contributed by atoms with van der Waals surface area (Å²) in [6, 6.07) is 7.96. The molecular weight excluding hydrogens is 298 g/mol. The van der Waals surface area contributed by atoms with Crippen molar-refractivity contribution in [3.8, 4) is 0 Å². The quantitative estimate of drug-likeness (QED) is 0.657. The summed E-state index contributed by atoms with van der Waals surface area (Å²) in [4.78, 5) is 24.3. The number of aromatic nitrogens is 3. The van der Waals surface area contributed by atoms with Crippen LogP contribution in [0, 0.1) is 0 Å². The van der Waals surface area contributed by atoms with Crippen LogP contribution in [0.5, 0.6) is 0 Å². The lowest BCUT2D eigenvalue weighted by atomic mass is 10.1. The normalized spacial score (nSPS) is 15.7. The molecule has 2 aromatic rings. The van der Waals surface area contributed by atoms with E-state index in [1.165, 1.54) is 17.3 Å². The van der Waals surface area contributed by atoms with Crippen molar-refractivity contribution in [1.82, 2.24) is 14.8 Å². The molecule has 3 rings (SSSR count). The summed E-state index contributed by atoms with van der Waals surface area (Å²) in [6.07, 6.45) is 2.97. The van der Waals surface area contributed by atoms with Gasteiger partial charge in [-0.2, -0.15) is 0 Å². The predicted octanol–water partition coefficient (Wildman–Crippen LogP) is 2.83. The Bertz CT molecular complexity index is 729. The van der Waals surface area contributed by atoms with Crippen LogP contribution in [0.1, 0.15) is 48.7 Å². The molecule has 22 heavy (non-hydrogen) atoms. The van der Waals surface area contributed by atoms with E-state index in [-0.39, 0.29) is 22.8 Å². The van der Waals surface area contributed by atoms with Gasteiger partial charge < -0.3 is 0 Å². The predicted molar refractivity (Wildman–Crippen MR) is 86.6 cm³/mol. The second-order valence-electron chi connectivity index (χ2n) is 5.59. The highest BCUT2D eigenvalue weighted by Gasteiger charge is 2.30. The fraction of sp³-hybridized carbons (Fsp3) is 0.438. The number of aryl methyl sites for hydroxylation is 1. The number of benzene rings is 1. The molecule has 1 heterocycles. The van der Waals surface area contributed by atoms with Crippen LogP contribution in [0.4, 0.5) is 0 Å². The molecule has 0 bridgehead atoms. The number of Topliss-reactive ketones (excluding diaryl/α,β-unsaturated/α-hetero) is 1. The van der Waals surface area contributed by atoms with Gasteiger partial charge in [-0.1, -0.05) is 43.0 Å². The van der Waals surface area contributed by atoms with E-state index < -0.39 is 0 Å². The lowest BCUT2D eigenvalue weighted by molar-refractivity contribution is 0.0994. The molecule has 0 radical (unpaired) electrons. The van der Waals surface area contributed by atoms with Crippen molar-refractivity contribution in [2.45, 2.75) is 49.6 Å². The van der Waals surface area contributed by atoms with E-state index in [4.69, 9.17) is 0 Å². The van der Waals surface area contributed by atoms with Crippen molar-refractivity contribution in [3.05, 3.63) is 45.9 Å².